The molecular formula is C28H42N4O3. The Morgan fingerprint density at radius 1 is 1.14 bits per heavy atom. The van der Waals surface area contributed by atoms with E-state index in [4.69, 9.17) is 4.74 Å². The second kappa shape index (κ2) is 14.5. The number of allylic oxidation sites excluding steroid dienone is 1. The fourth-order valence-electron chi connectivity index (χ4n) is 4.21. The molecule has 7 nitrogen and oxygen atoms in total. The molecule has 0 unspecified atom stereocenters. The zero-order valence-electron chi connectivity index (χ0n) is 21.8. The van der Waals surface area contributed by atoms with Crippen LogP contribution in [0.3, 0.4) is 0 Å². The Kier molecular flexibility index (Phi) is 11.7. The van der Waals surface area contributed by atoms with Crippen LogP contribution >= 0.6 is 0 Å². The number of hydrogen-bond acceptors (Lipinski definition) is 6. The van der Waals surface area contributed by atoms with E-state index in [0.717, 1.165) is 80.8 Å². The van der Waals surface area contributed by atoms with Gasteiger partial charge in [0.15, 0.2) is 0 Å². The Morgan fingerprint density at radius 3 is 2.46 bits per heavy atom. The van der Waals surface area contributed by atoms with Crippen LogP contribution in [0.15, 0.2) is 49.6 Å². The smallest absolute Gasteiger partial charge is 0.409 e. The molecule has 1 aliphatic rings. The molecule has 0 spiro atoms. The Hall–Kier alpha value is -2.90. The fourth-order valence-corrected chi connectivity index (χ4v) is 4.21. The minimum atomic E-state index is -0.248. The predicted molar refractivity (Wildman–Crippen MR) is 145 cm³/mol. The van der Waals surface area contributed by atoms with E-state index in [-0.39, 0.29) is 6.09 Å². The Labute approximate surface area is 211 Å². The molecule has 1 saturated heterocycles. The molecule has 0 saturated carbocycles. The lowest BCUT2D eigenvalue weighted by atomic mass is 9.98. The van der Waals surface area contributed by atoms with Crippen LogP contribution in [0.25, 0.3) is 5.57 Å². The van der Waals surface area contributed by atoms with Crippen LogP contribution in [0.4, 0.5) is 10.5 Å². The van der Waals surface area contributed by atoms with Gasteiger partial charge < -0.3 is 19.4 Å². The van der Waals surface area contributed by atoms with Gasteiger partial charge in [-0.25, -0.2) is 4.79 Å². The number of benzene rings is 1. The van der Waals surface area contributed by atoms with Gasteiger partial charge in [-0.15, -0.1) is 0 Å². The van der Waals surface area contributed by atoms with Crippen molar-refractivity contribution in [3.8, 4) is 0 Å². The molecule has 1 amide bonds. The van der Waals surface area contributed by atoms with Crippen LogP contribution in [0, 0.1) is 0 Å². The number of aldehydes is 1. The summed E-state index contributed by atoms with van der Waals surface area (Å²) in [5.41, 5.74) is 4.76. The van der Waals surface area contributed by atoms with Gasteiger partial charge in [-0.1, -0.05) is 51.3 Å². The lowest BCUT2D eigenvalue weighted by Crippen LogP contribution is -2.50. The zero-order valence-corrected chi connectivity index (χ0v) is 21.8. The van der Waals surface area contributed by atoms with Crippen LogP contribution in [0.2, 0.25) is 0 Å². The number of nitrogens with zero attached hydrogens (tertiary/aromatic N) is 4. The van der Waals surface area contributed by atoms with Crippen LogP contribution < -0.4 is 4.90 Å². The maximum atomic E-state index is 11.7. The van der Waals surface area contributed by atoms with E-state index in [1.54, 1.807) is 11.0 Å². The monoisotopic (exact) mass is 482 g/mol. The number of amides is 1. The van der Waals surface area contributed by atoms with Gasteiger partial charge in [0.1, 0.15) is 6.29 Å². The number of piperazine rings is 1. The molecule has 0 aliphatic carbocycles. The minimum absolute atomic E-state index is 0.248. The highest BCUT2D eigenvalue weighted by Gasteiger charge is 2.21. The van der Waals surface area contributed by atoms with E-state index in [0.29, 0.717) is 25.2 Å². The summed E-state index contributed by atoms with van der Waals surface area (Å²) in [5.74, 6) is 0. The molecule has 192 valence electrons. The lowest BCUT2D eigenvalue weighted by Gasteiger charge is -2.35. The molecule has 1 aromatic rings. The van der Waals surface area contributed by atoms with Crippen LogP contribution in [0.5, 0.6) is 0 Å². The normalized spacial score (nSPS) is 14.0. The van der Waals surface area contributed by atoms with Crippen molar-refractivity contribution < 1.29 is 14.3 Å². The number of ether oxygens (including phenoxy) is 1. The van der Waals surface area contributed by atoms with Crippen molar-refractivity contribution in [2.75, 3.05) is 78.0 Å². The van der Waals surface area contributed by atoms with Crippen LogP contribution in [-0.4, -0.2) is 100 Å². The molecule has 1 fully saturated rings. The Morgan fingerprint density at radius 2 is 1.86 bits per heavy atom. The van der Waals surface area contributed by atoms with E-state index < -0.39 is 0 Å². The highest BCUT2D eigenvalue weighted by Crippen LogP contribution is 2.30. The van der Waals surface area contributed by atoms with Crippen molar-refractivity contribution in [2.45, 2.75) is 19.8 Å². The molecule has 0 atom stereocenters. The van der Waals surface area contributed by atoms with Gasteiger partial charge in [-0.05, 0) is 30.7 Å². The molecular weight excluding hydrogens is 440 g/mol. The van der Waals surface area contributed by atoms with Gasteiger partial charge in [-0.3, -0.25) is 9.69 Å². The highest BCUT2D eigenvalue weighted by atomic mass is 16.5. The molecule has 0 N–H and O–H groups in total. The van der Waals surface area contributed by atoms with Gasteiger partial charge in [0.25, 0.3) is 0 Å². The molecule has 1 aromatic carbocycles. The van der Waals surface area contributed by atoms with Crippen molar-refractivity contribution in [1.82, 2.24) is 14.7 Å². The summed E-state index contributed by atoms with van der Waals surface area (Å²) in [5, 5.41) is 0. The Bertz CT molecular complexity index is 890. The van der Waals surface area contributed by atoms with Crippen molar-refractivity contribution >= 4 is 23.6 Å². The average molecular weight is 483 g/mol. The fraction of sp³-hybridized carbons (Fsp3) is 0.500. The van der Waals surface area contributed by atoms with Crippen molar-refractivity contribution in [3.63, 3.8) is 0 Å². The summed E-state index contributed by atoms with van der Waals surface area (Å²) in [6, 6.07) is 5.83. The second-order valence-corrected chi connectivity index (χ2v) is 9.13. The number of methoxy groups -OCH3 is 1. The quantitative estimate of drug-likeness (QED) is 0.293. The number of carbonyl (C=O) groups excluding carboxylic acids is 2. The first-order valence-corrected chi connectivity index (χ1v) is 12.4. The number of likely N-dealkylation sites (N-methyl/N-ethyl adjacent to an activating group) is 1. The third-order valence-corrected chi connectivity index (χ3v) is 6.47. The molecule has 1 heterocycles. The van der Waals surface area contributed by atoms with Crippen molar-refractivity contribution in [1.29, 1.82) is 0 Å². The van der Waals surface area contributed by atoms with E-state index in [9.17, 15) is 9.59 Å². The molecule has 0 radical (unpaired) electrons. The highest BCUT2D eigenvalue weighted by molar-refractivity contribution is 5.83. The van der Waals surface area contributed by atoms with Crippen LogP contribution in [0.1, 0.15) is 35.7 Å². The number of hydrogen-bond donors (Lipinski definition) is 0. The summed E-state index contributed by atoms with van der Waals surface area (Å²) in [7, 11) is 3.55. The Balaban J connectivity index is 2.03. The molecule has 1 aliphatic heterocycles. The summed E-state index contributed by atoms with van der Waals surface area (Å²) >= 11 is 0. The van der Waals surface area contributed by atoms with E-state index in [2.05, 4.69) is 48.4 Å². The summed E-state index contributed by atoms with van der Waals surface area (Å²) in [6.07, 6.45) is 4.36. The summed E-state index contributed by atoms with van der Waals surface area (Å²) < 4.78 is 4.82. The topological polar surface area (TPSA) is 56.3 Å². The van der Waals surface area contributed by atoms with Gasteiger partial charge in [0.05, 0.1) is 7.11 Å². The SMILES string of the molecule is C=CC(=C)CN(CCN(C)CCN1CCN(C(=O)OC)CC1)c1cc(C=O)ccc1C(=C)CCC. The number of rotatable bonds is 14. The van der Waals surface area contributed by atoms with Gasteiger partial charge in [-0.2, -0.15) is 0 Å². The molecule has 0 aromatic heterocycles. The van der Waals surface area contributed by atoms with E-state index in [1.165, 1.54) is 7.11 Å². The molecule has 7 heteroatoms. The first-order chi connectivity index (χ1) is 16.8. The first kappa shape index (κ1) is 28.3. The number of carbonyl (C=O) groups is 2. The first-order valence-electron chi connectivity index (χ1n) is 12.4. The second-order valence-electron chi connectivity index (χ2n) is 9.13. The number of anilines is 1. The third-order valence-electron chi connectivity index (χ3n) is 6.47. The van der Waals surface area contributed by atoms with Crippen molar-refractivity contribution in [2.24, 2.45) is 0 Å². The van der Waals surface area contributed by atoms with Gasteiger partial charge in [0.2, 0.25) is 0 Å². The van der Waals surface area contributed by atoms with Crippen molar-refractivity contribution in [3.05, 3.63) is 60.7 Å². The maximum absolute atomic E-state index is 11.7. The molecule has 0 bridgehead atoms. The largest absolute Gasteiger partial charge is 0.453 e. The molecule has 35 heavy (non-hydrogen) atoms. The van der Waals surface area contributed by atoms with Crippen LogP contribution in [-0.2, 0) is 4.74 Å². The average Bonchev–Trinajstić information content (AvgIpc) is 2.89. The summed E-state index contributed by atoms with van der Waals surface area (Å²) in [6.45, 7) is 21.7. The maximum Gasteiger partial charge on any atom is 0.409 e. The van der Waals surface area contributed by atoms with Gasteiger partial charge in [0, 0.05) is 75.7 Å². The van der Waals surface area contributed by atoms with E-state index in [1.807, 2.05) is 18.2 Å². The zero-order chi connectivity index (χ0) is 25.8. The predicted octanol–water partition coefficient (Wildman–Crippen LogP) is 4.18. The standard InChI is InChI=1S/C28H42N4O3/c1-7-9-24(4)26-11-10-25(22-33)20-27(26)32(21-23(3)8-2)17-13-29(5)12-14-30-15-18-31(19-16-30)28(34)35-6/h8,10-11,20,22H,2-4,7,9,12-19,21H2,1,5-6H3. The molecule has 2 rings (SSSR count). The summed E-state index contributed by atoms with van der Waals surface area (Å²) in [4.78, 5) is 31.9. The minimum Gasteiger partial charge on any atom is -0.453 e. The van der Waals surface area contributed by atoms with Gasteiger partial charge >= 0.3 is 6.09 Å². The third kappa shape index (κ3) is 8.67. The van der Waals surface area contributed by atoms with E-state index >= 15 is 0 Å². The lowest BCUT2D eigenvalue weighted by molar-refractivity contribution is 0.0880.